The molecular formula is C12H23ClO. The molecule has 1 fully saturated rings. The second-order valence-electron chi connectivity index (χ2n) is 5.29. The highest BCUT2D eigenvalue weighted by Crippen LogP contribution is 2.37. The highest BCUT2D eigenvalue weighted by molar-refractivity contribution is 6.18. The molecule has 3 unspecified atom stereocenters. The van der Waals surface area contributed by atoms with E-state index in [9.17, 15) is 0 Å². The third kappa shape index (κ3) is 2.87. The zero-order valence-electron chi connectivity index (χ0n) is 9.85. The third-order valence-corrected chi connectivity index (χ3v) is 4.32. The maximum atomic E-state index is 6.06. The number of rotatable bonds is 4. The molecule has 1 aliphatic rings. The Kier molecular flexibility index (Phi) is 4.27. The van der Waals surface area contributed by atoms with Crippen LogP contribution in [-0.4, -0.2) is 18.1 Å². The molecule has 84 valence electrons. The molecule has 0 aromatic carbocycles. The van der Waals surface area contributed by atoms with Crippen LogP contribution in [-0.2, 0) is 4.74 Å². The Hall–Kier alpha value is 0.250. The van der Waals surface area contributed by atoms with Crippen LogP contribution < -0.4 is 0 Å². The quantitative estimate of drug-likeness (QED) is 0.652. The Labute approximate surface area is 93.2 Å². The lowest BCUT2D eigenvalue weighted by Gasteiger charge is -2.34. The van der Waals surface area contributed by atoms with Crippen LogP contribution in [0.2, 0.25) is 0 Å². The molecule has 0 bridgehead atoms. The van der Waals surface area contributed by atoms with E-state index in [1.807, 2.05) is 0 Å². The molecule has 1 aliphatic heterocycles. The van der Waals surface area contributed by atoms with Crippen LogP contribution in [0.4, 0.5) is 0 Å². The van der Waals surface area contributed by atoms with Crippen LogP contribution in [0.1, 0.15) is 47.0 Å². The summed E-state index contributed by atoms with van der Waals surface area (Å²) in [4.78, 5) is 0. The van der Waals surface area contributed by atoms with E-state index >= 15 is 0 Å². The summed E-state index contributed by atoms with van der Waals surface area (Å²) in [5, 5.41) is 0. The zero-order chi connectivity index (χ0) is 10.8. The van der Waals surface area contributed by atoms with E-state index in [1.165, 1.54) is 12.8 Å². The summed E-state index contributed by atoms with van der Waals surface area (Å²) in [6.45, 7) is 8.94. The van der Waals surface area contributed by atoms with Crippen molar-refractivity contribution in [1.82, 2.24) is 0 Å². The lowest BCUT2D eigenvalue weighted by molar-refractivity contribution is 0.0197. The molecular weight excluding hydrogens is 196 g/mol. The van der Waals surface area contributed by atoms with E-state index in [-0.39, 0.29) is 5.41 Å². The summed E-state index contributed by atoms with van der Waals surface area (Å²) in [6, 6.07) is 0. The standard InChI is InChI=1S/C12H23ClO/c1-9(2)12(4,8-13)7-11-6-5-10(3)14-11/h9-11H,5-8H2,1-4H3. The van der Waals surface area contributed by atoms with Crippen LogP contribution in [0.15, 0.2) is 0 Å². The minimum atomic E-state index is 0.232. The molecule has 2 heteroatoms. The average Bonchev–Trinajstić information content (AvgIpc) is 2.50. The van der Waals surface area contributed by atoms with Crippen molar-refractivity contribution in [2.75, 3.05) is 5.88 Å². The monoisotopic (exact) mass is 218 g/mol. The zero-order valence-corrected chi connectivity index (χ0v) is 10.6. The molecule has 1 nitrogen and oxygen atoms in total. The normalized spacial score (nSPS) is 32.1. The third-order valence-electron chi connectivity index (χ3n) is 3.71. The van der Waals surface area contributed by atoms with Gasteiger partial charge in [-0.25, -0.2) is 0 Å². The smallest absolute Gasteiger partial charge is 0.0585 e. The minimum absolute atomic E-state index is 0.232. The van der Waals surface area contributed by atoms with Gasteiger partial charge in [-0.2, -0.15) is 0 Å². The highest BCUT2D eigenvalue weighted by Gasteiger charge is 2.33. The van der Waals surface area contributed by atoms with Crippen molar-refractivity contribution in [2.45, 2.75) is 59.2 Å². The number of halogens is 1. The molecule has 0 amide bonds. The molecule has 1 saturated heterocycles. The molecule has 1 rings (SSSR count). The van der Waals surface area contributed by atoms with Crippen LogP contribution in [0, 0.1) is 11.3 Å². The van der Waals surface area contributed by atoms with Crippen molar-refractivity contribution in [3.8, 4) is 0 Å². The van der Waals surface area contributed by atoms with Crippen molar-refractivity contribution >= 4 is 11.6 Å². The topological polar surface area (TPSA) is 9.23 Å². The minimum Gasteiger partial charge on any atom is -0.375 e. The molecule has 0 radical (unpaired) electrons. The Morgan fingerprint density at radius 2 is 2.07 bits per heavy atom. The largest absolute Gasteiger partial charge is 0.375 e. The molecule has 14 heavy (non-hydrogen) atoms. The fourth-order valence-electron chi connectivity index (χ4n) is 2.00. The van der Waals surface area contributed by atoms with Crippen molar-refractivity contribution < 1.29 is 4.74 Å². The number of alkyl halides is 1. The maximum Gasteiger partial charge on any atom is 0.0585 e. The van der Waals surface area contributed by atoms with Gasteiger partial charge in [0.25, 0.3) is 0 Å². The fraction of sp³-hybridized carbons (Fsp3) is 1.00. The van der Waals surface area contributed by atoms with Gasteiger partial charge in [-0.3, -0.25) is 0 Å². The van der Waals surface area contributed by atoms with Crippen LogP contribution in [0.25, 0.3) is 0 Å². The van der Waals surface area contributed by atoms with E-state index in [0.717, 1.165) is 12.3 Å². The summed E-state index contributed by atoms with van der Waals surface area (Å²) in [5.41, 5.74) is 0.232. The van der Waals surface area contributed by atoms with Crippen molar-refractivity contribution in [3.63, 3.8) is 0 Å². The van der Waals surface area contributed by atoms with Crippen molar-refractivity contribution in [3.05, 3.63) is 0 Å². The highest BCUT2D eigenvalue weighted by atomic mass is 35.5. The van der Waals surface area contributed by atoms with Gasteiger partial charge in [0.05, 0.1) is 12.2 Å². The second-order valence-corrected chi connectivity index (χ2v) is 5.56. The lowest BCUT2D eigenvalue weighted by atomic mass is 9.76. The Morgan fingerprint density at radius 1 is 1.43 bits per heavy atom. The second kappa shape index (κ2) is 4.85. The van der Waals surface area contributed by atoms with E-state index in [0.29, 0.717) is 18.1 Å². The SMILES string of the molecule is CC1CCC(CC(C)(CCl)C(C)C)O1. The maximum absolute atomic E-state index is 6.06. The number of hydrogen-bond donors (Lipinski definition) is 0. The van der Waals surface area contributed by atoms with Crippen molar-refractivity contribution in [1.29, 1.82) is 0 Å². The van der Waals surface area contributed by atoms with E-state index < -0.39 is 0 Å². The van der Waals surface area contributed by atoms with Gasteiger partial charge in [-0.15, -0.1) is 11.6 Å². The first-order valence-electron chi connectivity index (χ1n) is 5.69. The molecule has 0 saturated carbocycles. The van der Waals surface area contributed by atoms with E-state index in [2.05, 4.69) is 27.7 Å². The predicted octanol–water partition coefficient (Wildman–Crippen LogP) is 3.85. The van der Waals surface area contributed by atoms with E-state index in [4.69, 9.17) is 16.3 Å². The average molecular weight is 219 g/mol. The summed E-state index contributed by atoms with van der Waals surface area (Å²) in [7, 11) is 0. The number of hydrogen-bond acceptors (Lipinski definition) is 1. The van der Waals surface area contributed by atoms with Gasteiger partial charge in [0.1, 0.15) is 0 Å². The molecule has 0 aromatic rings. The lowest BCUT2D eigenvalue weighted by Crippen LogP contribution is -2.30. The Bertz CT molecular complexity index is 181. The first-order chi connectivity index (χ1) is 6.48. The van der Waals surface area contributed by atoms with Crippen LogP contribution in [0.3, 0.4) is 0 Å². The van der Waals surface area contributed by atoms with Crippen LogP contribution >= 0.6 is 11.6 Å². The molecule has 1 heterocycles. The Balaban J connectivity index is 2.48. The first kappa shape index (κ1) is 12.3. The van der Waals surface area contributed by atoms with Gasteiger partial charge in [0, 0.05) is 5.88 Å². The van der Waals surface area contributed by atoms with Gasteiger partial charge < -0.3 is 4.74 Å². The van der Waals surface area contributed by atoms with Crippen molar-refractivity contribution in [2.24, 2.45) is 11.3 Å². The molecule has 0 N–H and O–H groups in total. The molecule has 0 aliphatic carbocycles. The molecule has 3 atom stereocenters. The first-order valence-corrected chi connectivity index (χ1v) is 6.23. The summed E-state index contributed by atoms with van der Waals surface area (Å²) in [6.07, 6.45) is 4.42. The summed E-state index contributed by atoms with van der Waals surface area (Å²) >= 11 is 6.06. The van der Waals surface area contributed by atoms with E-state index in [1.54, 1.807) is 0 Å². The fourth-order valence-corrected chi connectivity index (χ4v) is 2.42. The van der Waals surface area contributed by atoms with Gasteiger partial charge in [0.2, 0.25) is 0 Å². The predicted molar refractivity (Wildman–Crippen MR) is 61.9 cm³/mol. The van der Waals surface area contributed by atoms with Gasteiger partial charge in [-0.1, -0.05) is 20.8 Å². The van der Waals surface area contributed by atoms with Gasteiger partial charge in [-0.05, 0) is 37.5 Å². The molecule has 0 spiro atoms. The van der Waals surface area contributed by atoms with Gasteiger partial charge >= 0.3 is 0 Å². The summed E-state index contributed by atoms with van der Waals surface area (Å²) in [5.74, 6) is 1.36. The number of ether oxygens (including phenoxy) is 1. The van der Waals surface area contributed by atoms with Gasteiger partial charge in [0.15, 0.2) is 0 Å². The summed E-state index contributed by atoms with van der Waals surface area (Å²) < 4.78 is 5.85. The van der Waals surface area contributed by atoms with Crippen LogP contribution in [0.5, 0.6) is 0 Å². The Morgan fingerprint density at radius 3 is 2.43 bits per heavy atom. The molecule has 0 aromatic heterocycles.